The van der Waals surface area contributed by atoms with E-state index in [0.29, 0.717) is 0 Å². The van der Waals surface area contributed by atoms with Crippen molar-refractivity contribution in [3.8, 4) is 0 Å². The number of carbonyl (C=O) groups excluding carboxylic acids is 1. The summed E-state index contributed by atoms with van der Waals surface area (Å²) in [7, 11) is 0. The first-order chi connectivity index (χ1) is 10.1. The van der Waals surface area contributed by atoms with E-state index in [0.717, 1.165) is 36.3 Å². The van der Waals surface area contributed by atoms with Crippen LogP contribution >= 0.6 is 11.8 Å². The van der Waals surface area contributed by atoms with Gasteiger partial charge in [-0.1, -0.05) is 24.6 Å². The lowest BCUT2D eigenvalue weighted by Gasteiger charge is -2.29. The third kappa shape index (κ3) is 4.24. The molecule has 0 spiro atoms. The number of thioether (sulfide) groups is 1. The molecule has 2 rings (SSSR count). The molecule has 1 fully saturated rings. The lowest BCUT2D eigenvalue weighted by molar-refractivity contribution is -0.136. The molecule has 5 heteroatoms. The predicted octanol–water partition coefficient (Wildman–Crippen LogP) is 3.09. The second-order valence-electron chi connectivity index (χ2n) is 5.28. The van der Waals surface area contributed by atoms with Crippen molar-refractivity contribution in [2.24, 2.45) is 0 Å². The summed E-state index contributed by atoms with van der Waals surface area (Å²) in [5.74, 6) is 0.185. The zero-order valence-electron chi connectivity index (χ0n) is 12.2. The molecule has 0 aliphatic carbocycles. The van der Waals surface area contributed by atoms with Crippen LogP contribution in [0.1, 0.15) is 31.2 Å². The molecular weight excluding hydrogens is 286 g/mol. The second kappa shape index (κ2) is 7.50. The van der Waals surface area contributed by atoms with Crippen LogP contribution in [0.25, 0.3) is 0 Å². The number of rotatable bonds is 5. The van der Waals surface area contributed by atoms with E-state index >= 15 is 0 Å². The largest absolute Gasteiger partial charge is 0.481 e. The van der Waals surface area contributed by atoms with E-state index in [1.807, 2.05) is 31.2 Å². The molecule has 21 heavy (non-hydrogen) atoms. The number of carbonyl (C=O) groups is 2. The summed E-state index contributed by atoms with van der Waals surface area (Å²) < 4.78 is 0. The van der Waals surface area contributed by atoms with Gasteiger partial charge in [-0.2, -0.15) is 0 Å². The molecule has 1 aromatic rings. The van der Waals surface area contributed by atoms with E-state index in [-0.39, 0.29) is 24.1 Å². The van der Waals surface area contributed by atoms with Crippen molar-refractivity contribution >= 4 is 29.3 Å². The Labute approximate surface area is 129 Å². The van der Waals surface area contributed by atoms with Crippen molar-refractivity contribution in [2.75, 3.05) is 17.2 Å². The average Bonchev–Trinajstić information content (AvgIpc) is 2.49. The quantitative estimate of drug-likeness (QED) is 0.908. The summed E-state index contributed by atoms with van der Waals surface area (Å²) in [6.45, 7) is 2.18. The van der Waals surface area contributed by atoms with Gasteiger partial charge in [0, 0.05) is 12.2 Å². The maximum Gasteiger partial charge on any atom is 0.305 e. The molecule has 1 aliphatic heterocycles. The zero-order chi connectivity index (χ0) is 15.2. The van der Waals surface area contributed by atoms with Crippen LogP contribution in [0, 0.1) is 6.92 Å². The van der Waals surface area contributed by atoms with Gasteiger partial charge >= 0.3 is 5.97 Å². The highest BCUT2D eigenvalue weighted by atomic mass is 32.2. The summed E-state index contributed by atoms with van der Waals surface area (Å²) in [6, 6.07) is 7.65. The summed E-state index contributed by atoms with van der Waals surface area (Å²) in [5.41, 5.74) is 1.83. The summed E-state index contributed by atoms with van der Waals surface area (Å²) in [5, 5.41) is 8.89. The van der Waals surface area contributed by atoms with E-state index in [1.165, 1.54) is 0 Å². The van der Waals surface area contributed by atoms with Gasteiger partial charge in [0.25, 0.3) is 0 Å². The van der Waals surface area contributed by atoms with E-state index < -0.39 is 5.97 Å². The smallest absolute Gasteiger partial charge is 0.305 e. The Morgan fingerprint density at radius 3 is 2.71 bits per heavy atom. The minimum absolute atomic E-state index is 0.0303. The first-order valence-electron chi connectivity index (χ1n) is 7.30. The molecule has 114 valence electrons. The van der Waals surface area contributed by atoms with Crippen molar-refractivity contribution in [3.05, 3.63) is 29.8 Å². The molecule has 1 atom stereocenters. The number of aryl methyl sites for hydroxylation is 1. The Hall–Kier alpha value is -1.49. The standard InChI is InChI=1S/C16H21NO3S/c1-12-6-2-3-7-13(12)17(10-9-15(18)19)16(20)14-8-4-5-11-21-14/h2-3,6-7,14H,4-5,8-11H2,1H3,(H,18,19). The minimum Gasteiger partial charge on any atom is -0.481 e. The summed E-state index contributed by atoms with van der Waals surface area (Å²) >= 11 is 1.70. The van der Waals surface area contributed by atoms with E-state index in [1.54, 1.807) is 16.7 Å². The number of benzene rings is 1. The number of amides is 1. The van der Waals surface area contributed by atoms with Crippen LogP contribution in [-0.2, 0) is 9.59 Å². The van der Waals surface area contributed by atoms with Gasteiger partial charge in [-0.25, -0.2) is 0 Å². The Balaban J connectivity index is 2.20. The lowest BCUT2D eigenvalue weighted by Crippen LogP contribution is -2.40. The highest BCUT2D eigenvalue weighted by Crippen LogP contribution is 2.29. The molecule has 1 saturated heterocycles. The molecule has 1 amide bonds. The van der Waals surface area contributed by atoms with Crippen LogP contribution in [0.5, 0.6) is 0 Å². The molecule has 1 aliphatic rings. The van der Waals surface area contributed by atoms with Crippen LogP contribution in [0.2, 0.25) is 0 Å². The van der Waals surface area contributed by atoms with Crippen molar-refractivity contribution < 1.29 is 14.7 Å². The van der Waals surface area contributed by atoms with Crippen LogP contribution in [0.15, 0.2) is 24.3 Å². The Bertz CT molecular complexity index is 512. The summed E-state index contributed by atoms with van der Waals surface area (Å²) in [4.78, 5) is 25.3. The Kier molecular flexibility index (Phi) is 5.67. The molecule has 1 N–H and O–H groups in total. The topological polar surface area (TPSA) is 57.6 Å². The number of aliphatic carboxylic acids is 1. The molecule has 1 heterocycles. The van der Waals surface area contributed by atoms with Crippen molar-refractivity contribution in [3.63, 3.8) is 0 Å². The fraction of sp³-hybridized carbons (Fsp3) is 0.500. The third-order valence-electron chi connectivity index (χ3n) is 3.68. The number of nitrogens with zero attached hydrogens (tertiary/aromatic N) is 1. The fourth-order valence-corrected chi connectivity index (χ4v) is 3.79. The number of hydrogen-bond donors (Lipinski definition) is 1. The van der Waals surface area contributed by atoms with Crippen LogP contribution < -0.4 is 4.90 Å². The summed E-state index contributed by atoms with van der Waals surface area (Å²) in [6.07, 6.45) is 3.09. The SMILES string of the molecule is Cc1ccccc1N(CCC(=O)O)C(=O)C1CCCCS1. The van der Waals surface area contributed by atoms with Gasteiger partial charge in [0.1, 0.15) is 0 Å². The zero-order valence-corrected chi connectivity index (χ0v) is 13.1. The lowest BCUT2D eigenvalue weighted by atomic mass is 10.1. The van der Waals surface area contributed by atoms with Gasteiger partial charge in [-0.05, 0) is 37.1 Å². The fourth-order valence-electron chi connectivity index (χ4n) is 2.53. The van der Waals surface area contributed by atoms with Gasteiger partial charge < -0.3 is 10.0 Å². The number of anilines is 1. The number of carboxylic acid groups (broad SMARTS) is 1. The van der Waals surface area contributed by atoms with Crippen molar-refractivity contribution in [2.45, 2.75) is 37.9 Å². The first kappa shape index (κ1) is 15.9. The van der Waals surface area contributed by atoms with Gasteiger partial charge in [0.2, 0.25) is 5.91 Å². The second-order valence-corrected chi connectivity index (χ2v) is 6.59. The highest BCUT2D eigenvalue weighted by Gasteiger charge is 2.28. The number of para-hydroxylation sites is 1. The maximum atomic E-state index is 12.8. The van der Waals surface area contributed by atoms with E-state index in [9.17, 15) is 9.59 Å². The van der Waals surface area contributed by atoms with Gasteiger partial charge in [-0.15, -0.1) is 11.8 Å². The van der Waals surface area contributed by atoms with Crippen LogP contribution in [-0.4, -0.2) is 34.5 Å². The predicted molar refractivity (Wildman–Crippen MR) is 85.9 cm³/mol. The maximum absolute atomic E-state index is 12.8. The normalized spacial score (nSPS) is 18.2. The van der Waals surface area contributed by atoms with Gasteiger partial charge in [-0.3, -0.25) is 9.59 Å². The highest BCUT2D eigenvalue weighted by molar-refractivity contribution is 8.00. The average molecular weight is 307 g/mol. The van der Waals surface area contributed by atoms with Crippen LogP contribution in [0.3, 0.4) is 0 Å². The third-order valence-corrected chi connectivity index (χ3v) is 5.04. The molecule has 0 bridgehead atoms. The molecule has 0 saturated carbocycles. The molecule has 1 unspecified atom stereocenters. The van der Waals surface area contributed by atoms with Crippen LogP contribution in [0.4, 0.5) is 5.69 Å². The Morgan fingerprint density at radius 1 is 1.33 bits per heavy atom. The molecule has 1 aromatic carbocycles. The molecular formula is C16H21NO3S. The molecule has 0 aromatic heterocycles. The monoisotopic (exact) mass is 307 g/mol. The molecule has 0 radical (unpaired) electrons. The minimum atomic E-state index is -0.877. The Morgan fingerprint density at radius 2 is 2.10 bits per heavy atom. The van der Waals surface area contributed by atoms with Gasteiger partial charge in [0.15, 0.2) is 0 Å². The van der Waals surface area contributed by atoms with E-state index in [4.69, 9.17) is 5.11 Å². The first-order valence-corrected chi connectivity index (χ1v) is 8.35. The van der Waals surface area contributed by atoms with E-state index in [2.05, 4.69) is 0 Å². The van der Waals surface area contributed by atoms with Gasteiger partial charge in [0.05, 0.1) is 11.7 Å². The number of hydrogen-bond acceptors (Lipinski definition) is 3. The van der Waals surface area contributed by atoms with Crippen molar-refractivity contribution in [1.29, 1.82) is 0 Å². The number of carboxylic acids is 1. The molecule has 4 nitrogen and oxygen atoms in total. The van der Waals surface area contributed by atoms with Crippen molar-refractivity contribution in [1.82, 2.24) is 0 Å².